The van der Waals surface area contributed by atoms with Crippen LogP contribution in [0.25, 0.3) is 0 Å². The molecule has 0 N–H and O–H groups in total. The molecule has 9 heteroatoms. The van der Waals surface area contributed by atoms with Gasteiger partial charge in [-0.25, -0.2) is 0 Å². The molecule has 0 saturated carbocycles. The van der Waals surface area contributed by atoms with Crippen molar-refractivity contribution in [3.63, 3.8) is 0 Å². The molecule has 0 saturated heterocycles. The van der Waals surface area contributed by atoms with Gasteiger partial charge in [-0.3, -0.25) is 4.79 Å². The fourth-order valence-electron chi connectivity index (χ4n) is 2.02. The van der Waals surface area contributed by atoms with E-state index >= 15 is 0 Å². The van der Waals surface area contributed by atoms with Crippen LogP contribution >= 0.6 is 46.1 Å². The molecule has 1 heterocycles. The van der Waals surface area contributed by atoms with Crippen LogP contribution in [0.3, 0.4) is 0 Å². The van der Waals surface area contributed by atoms with Gasteiger partial charge in [0.15, 0.2) is 4.21 Å². The summed E-state index contributed by atoms with van der Waals surface area (Å²) in [6.07, 6.45) is 1.23. The number of rotatable bonds is 2. The number of fused-ring (bicyclic) bond motifs is 1. The Balaban J connectivity index is 2.19. The number of thiophene rings is 1. The lowest BCUT2D eigenvalue weighted by Gasteiger charge is -2.13. The molecule has 0 spiro atoms. The Kier molecular flexibility index (Phi) is 4.37. The minimum absolute atomic E-state index is 0.0729. The van der Waals surface area contributed by atoms with Gasteiger partial charge in [-0.2, -0.15) is 12.8 Å². The van der Waals surface area contributed by atoms with Crippen molar-refractivity contribution in [1.82, 2.24) is 0 Å². The summed E-state index contributed by atoms with van der Waals surface area (Å²) >= 11 is 18.5. The van der Waals surface area contributed by atoms with Gasteiger partial charge < -0.3 is 0 Å². The van der Waals surface area contributed by atoms with Crippen LogP contribution in [0.1, 0.15) is 15.9 Å². The second kappa shape index (κ2) is 6.03. The van der Waals surface area contributed by atoms with E-state index in [1.807, 2.05) is 0 Å². The molecule has 23 heavy (non-hydrogen) atoms. The van der Waals surface area contributed by atoms with Crippen molar-refractivity contribution in [3.05, 3.63) is 61.9 Å². The van der Waals surface area contributed by atoms with Crippen LogP contribution in [-0.2, 0) is 10.0 Å². The molecule has 0 amide bonds. The maximum absolute atomic E-state index is 12.5. The first kappa shape index (κ1) is 16.7. The average molecular weight is 407 g/mol. The van der Waals surface area contributed by atoms with E-state index in [1.54, 1.807) is 24.3 Å². The fourth-order valence-corrected chi connectivity index (χ4v) is 5.23. The minimum atomic E-state index is -4.08. The number of hydrogen-bond acceptors (Lipinski definition) is 4. The van der Waals surface area contributed by atoms with Crippen molar-refractivity contribution in [3.8, 4) is 0 Å². The second-order valence-electron chi connectivity index (χ2n) is 4.50. The highest BCUT2D eigenvalue weighted by Crippen LogP contribution is 2.36. The Hall–Kier alpha value is -1.18. The van der Waals surface area contributed by atoms with E-state index in [9.17, 15) is 13.2 Å². The molecule has 0 radical (unpaired) electrons. The van der Waals surface area contributed by atoms with Crippen LogP contribution in [-0.4, -0.2) is 19.9 Å². The number of allylic oxidation sites excluding steroid dienone is 2. The minimum Gasteiger partial charge on any atom is -0.288 e. The summed E-state index contributed by atoms with van der Waals surface area (Å²) in [4.78, 5) is 12.0. The van der Waals surface area contributed by atoms with Gasteiger partial charge in [0, 0.05) is 16.5 Å². The zero-order chi connectivity index (χ0) is 16.8. The number of halogens is 3. The number of hydrogen-bond donors (Lipinski definition) is 0. The molecule has 1 aliphatic rings. The summed E-state index contributed by atoms with van der Waals surface area (Å²) in [7, 11) is -4.08. The largest absolute Gasteiger partial charge is 0.293 e. The van der Waals surface area contributed by atoms with Gasteiger partial charge >= 0.3 is 0 Å². The zero-order valence-electron chi connectivity index (χ0n) is 11.1. The van der Waals surface area contributed by atoms with E-state index in [0.29, 0.717) is 11.1 Å². The average Bonchev–Trinajstić information content (AvgIpc) is 2.85. The topological polar surface area (TPSA) is 63.6 Å². The molecular formula is C14H6Cl3NO3S2. The van der Waals surface area contributed by atoms with Crippen LogP contribution in [0.4, 0.5) is 0 Å². The third kappa shape index (κ3) is 2.97. The monoisotopic (exact) mass is 405 g/mol. The number of carbonyl (C=O) groups is 1. The van der Waals surface area contributed by atoms with E-state index < -0.39 is 10.0 Å². The van der Waals surface area contributed by atoms with Gasteiger partial charge in [-0.1, -0.05) is 59.1 Å². The summed E-state index contributed by atoms with van der Waals surface area (Å²) in [5, 5.41) is 1.38. The third-order valence-electron chi connectivity index (χ3n) is 3.04. The van der Waals surface area contributed by atoms with Crippen LogP contribution in [0.15, 0.2) is 49.4 Å². The number of ketones is 1. The highest BCUT2D eigenvalue weighted by molar-refractivity contribution is 7.92. The Morgan fingerprint density at radius 3 is 2.30 bits per heavy atom. The molecule has 4 nitrogen and oxygen atoms in total. The van der Waals surface area contributed by atoms with E-state index in [2.05, 4.69) is 4.40 Å². The van der Waals surface area contributed by atoms with Gasteiger partial charge in [0.2, 0.25) is 5.78 Å². The van der Waals surface area contributed by atoms with Crippen molar-refractivity contribution in [1.29, 1.82) is 0 Å². The molecule has 118 valence electrons. The normalized spacial score (nSPS) is 16.4. The van der Waals surface area contributed by atoms with Crippen molar-refractivity contribution in [2.24, 2.45) is 4.40 Å². The van der Waals surface area contributed by atoms with Gasteiger partial charge in [0.05, 0.1) is 20.8 Å². The summed E-state index contributed by atoms with van der Waals surface area (Å²) in [6, 6.07) is 6.50. The maximum atomic E-state index is 12.5. The number of Topliss-reactive ketones (excluding diaryl/α,β-unsaturated/α-hetero) is 1. The molecule has 0 atom stereocenters. The van der Waals surface area contributed by atoms with Crippen LogP contribution in [0, 0.1) is 0 Å². The first-order valence-corrected chi connectivity index (χ1v) is 9.55. The second-order valence-corrected chi connectivity index (χ2v) is 8.38. The molecule has 0 aliphatic heterocycles. The Morgan fingerprint density at radius 2 is 1.70 bits per heavy atom. The molecule has 0 fully saturated rings. The highest BCUT2D eigenvalue weighted by atomic mass is 35.5. The van der Waals surface area contributed by atoms with Crippen molar-refractivity contribution < 1.29 is 13.2 Å². The smallest absolute Gasteiger partial charge is 0.288 e. The van der Waals surface area contributed by atoms with Crippen molar-refractivity contribution >= 4 is 67.7 Å². The zero-order valence-corrected chi connectivity index (χ0v) is 15.0. The first-order chi connectivity index (χ1) is 10.8. The van der Waals surface area contributed by atoms with Gasteiger partial charge in [0.1, 0.15) is 0 Å². The van der Waals surface area contributed by atoms with E-state index in [-0.39, 0.29) is 30.8 Å². The maximum Gasteiger partial charge on any atom is 0.293 e. The molecule has 0 bridgehead atoms. The van der Waals surface area contributed by atoms with E-state index in [4.69, 9.17) is 34.8 Å². The quantitative estimate of drug-likeness (QED) is 0.735. The number of sulfonamides is 1. The molecule has 1 aliphatic carbocycles. The van der Waals surface area contributed by atoms with Crippen molar-refractivity contribution in [2.75, 3.05) is 0 Å². The lowest BCUT2D eigenvalue weighted by molar-refractivity contribution is 0.104. The summed E-state index contributed by atoms with van der Waals surface area (Å²) < 4.78 is 28.5. The summed E-state index contributed by atoms with van der Waals surface area (Å²) in [5.74, 6) is -0.379. The fraction of sp³-hybridized carbons (Fsp3) is 0. The highest BCUT2D eigenvalue weighted by Gasteiger charge is 2.27. The lowest BCUT2D eigenvalue weighted by Crippen LogP contribution is -2.16. The van der Waals surface area contributed by atoms with Crippen LogP contribution in [0.2, 0.25) is 10.0 Å². The summed E-state index contributed by atoms with van der Waals surface area (Å²) in [5.41, 5.74) is 0.763. The lowest BCUT2D eigenvalue weighted by atomic mass is 9.94. The first-order valence-electron chi connectivity index (χ1n) is 6.10. The Morgan fingerprint density at radius 1 is 1.04 bits per heavy atom. The number of nitrogens with zero attached hydrogens (tertiary/aromatic N) is 1. The SMILES string of the molecule is O=C1C(Cl)=C/C(=N/S(=O)(=O)c2scc(Cl)c2Cl)c2ccccc21. The standard InChI is InChI=1S/C14H6Cl3NO3S2/c15-9-5-11(7-3-1-2-4-8(7)13(9)19)18-23(20,21)14-12(17)10(16)6-22-14/h1-6H/b18-11-. The Bertz CT molecular complexity index is 990. The van der Waals surface area contributed by atoms with Crippen LogP contribution in [0.5, 0.6) is 0 Å². The Labute approximate surface area is 151 Å². The van der Waals surface area contributed by atoms with Gasteiger partial charge in [-0.05, 0) is 6.08 Å². The van der Waals surface area contributed by atoms with Crippen LogP contribution < -0.4 is 0 Å². The van der Waals surface area contributed by atoms with Gasteiger partial charge in [-0.15, -0.1) is 11.3 Å². The predicted molar refractivity (Wildman–Crippen MR) is 92.8 cm³/mol. The third-order valence-corrected chi connectivity index (χ3v) is 7.26. The predicted octanol–water partition coefficient (Wildman–Crippen LogP) is 4.55. The molecule has 1 aromatic carbocycles. The van der Waals surface area contributed by atoms with Crippen molar-refractivity contribution in [2.45, 2.75) is 4.21 Å². The molecule has 1 aromatic heterocycles. The molecule has 0 unspecified atom stereocenters. The number of carbonyl (C=O) groups excluding carboxylic acids is 1. The van der Waals surface area contributed by atoms with E-state index in [0.717, 1.165) is 11.3 Å². The molecule has 3 rings (SSSR count). The van der Waals surface area contributed by atoms with Gasteiger partial charge in [0.25, 0.3) is 10.0 Å². The molecular weight excluding hydrogens is 401 g/mol. The number of benzene rings is 1. The van der Waals surface area contributed by atoms with E-state index in [1.165, 1.54) is 11.5 Å². The summed E-state index contributed by atoms with van der Waals surface area (Å²) in [6.45, 7) is 0. The molecule has 2 aromatic rings.